The van der Waals surface area contributed by atoms with Crippen molar-refractivity contribution in [1.82, 2.24) is 5.32 Å². The molecule has 3 rings (SSSR count). The highest BCUT2D eigenvalue weighted by atomic mass is 79.9. The van der Waals surface area contributed by atoms with E-state index in [9.17, 15) is 4.79 Å². The summed E-state index contributed by atoms with van der Waals surface area (Å²) in [4.78, 5) is 12.9. The molecule has 4 heteroatoms. The minimum atomic E-state index is -1.98. The van der Waals surface area contributed by atoms with E-state index in [1.807, 2.05) is 12.1 Å². The lowest BCUT2D eigenvalue weighted by atomic mass is 10.1. The summed E-state index contributed by atoms with van der Waals surface area (Å²) in [6.45, 7) is 2.27. The second-order valence-electron chi connectivity index (χ2n) is 8.42. The summed E-state index contributed by atoms with van der Waals surface area (Å²) in [5.74, 6) is -0.00333. The van der Waals surface area contributed by atoms with Crippen LogP contribution >= 0.6 is 7.26 Å². The van der Waals surface area contributed by atoms with Gasteiger partial charge in [0, 0.05) is 7.05 Å². The lowest BCUT2D eigenvalue weighted by molar-refractivity contribution is -0.0000146. The molecule has 0 aromatic heterocycles. The van der Waals surface area contributed by atoms with Crippen molar-refractivity contribution in [3.8, 4) is 0 Å². The minimum absolute atomic E-state index is 0. The summed E-state index contributed by atoms with van der Waals surface area (Å²) >= 11 is 0. The summed E-state index contributed by atoms with van der Waals surface area (Å²) in [6, 6.07) is 30.0. The fraction of sp³-hybridized carbons (Fsp3) is 0.345. The molecule has 3 aromatic rings. The number of rotatable bonds is 12. The second-order valence-corrected chi connectivity index (χ2v) is 12.0. The Kier molecular flexibility index (Phi) is 11.9. The highest BCUT2D eigenvalue weighted by molar-refractivity contribution is 7.95. The molecule has 0 aliphatic heterocycles. The average Bonchev–Trinajstić information content (AvgIpc) is 2.86. The number of unbranched alkanes of at least 4 members (excludes halogenated alkanes) is 6. The zero-order valence-electron chi connectivity index (χ0n) is 20.0. The van der Waals surface area contributed by atoms with Gasteiger partial charge in [-0.15, -0.1) is 0 Å². The smallest absolute Gasteiger partial charge is 0.255 e. The zero-order valence-corrected chi connectivity index (χ0v) is 22.5. The van der Waals surface area contributed by atoms with Crippen molar-refractivity contribution >= 4 is 29.1 Å². The van der Waals surface area contributed by atoms with Gasteiger partial charge in [-0.3, -0.25) is 4.79 Å². The van der Waals surface area contributed by atoms with Crippen LogP contribution in [0.4, 0.5) is 0 Å². The minimum Gasteiger partial charge on any atom is -1.00 e. The zero-order chi connectivity index (χ0) is 22.7. The van der Waals surface area contributed by atoms with Crippen LogP contribution in [0.1, 0.15) is 62.2 Å². The maximum Gasteiger partial charge on any atom is 0.255 e. The molecule has 1 amide bonds. The Morgan fingerprint density at radius 3 is 1.73 bits per heavy atom. The van der Waals surface area contributed by atoms with Crippen molar-refractivity contribution < 1.29 is 21.8 Å². The van der Waals surface area contributed by atoms with Crippen molar-refractivity contribution in [2.45, 2.75) is 51.9 Å². The highest BCUT2D eigenvalue weighted by Crippen LogP contribution is 2.56. The summed E-state index contributed by atoms with van der Waals surface area (Å²) in [7, 11) is -0.257. The van der Waals surface area contributed by atoms with Gasteiger partial charge in [0.1, 0.15) is 23.2 Å². The first kappa shape index (κ1) is 27.3. The van der Waals surface area contributed by atoms with Crippen LogP contribution in [0.15, 0.2) is 84.9 Å². The van der Waals surface area contributed by atoms with Crippen molar-refractivity contribution in [1.29, 1.82) is 0 Å². The number of carbonyl (C=O) groups is 1. The predicted octanol–water partition coefficient (Wildman–Crippen LogP) is 3.09. The molecular formula is C29H37BrNOP. The van der Waals surface area contributed by atoms with E-state index in [0.29, 0.717) is 0 Å². The fourth-order valence-electron chi connectivity index (χ4n) is 4.61. The van der Waals surface area contributed by atoms with Crippen LogP contribution in [0.25, 0.3) is 0 Å². The molecule has 33 heavy (non-hydrogen) atoms. The number of hydrogen-bond acceptors (Lipinski definition) is 1. The molecule has 1 N–H and O–H groups in total. The molecule has 0 spiro atoms. The number of nitrogens with one attached hydrogen (secondary N) is 1. The van der Waals surface area contributed by atoms with E-state index in [1.165, 1.54) is 60.9 Å². The van der Waals surface area contributed by atoms with Gasteiger partial charge in [0.15, 0.2) is 0 Å². The Hall–Kier alpha value is -1.96. The SMILES string of the molecule is CCCCCCCCC[P+](c1ccccc1)(c1ccccc1)c1ccccc1C(=O)NC.[Br-]. The van der Waals surface area contributed by atoms with Crippen LogP contribution in [0.3, 0.4) is 0 Å². The van der Waals surface area contributed by atoms with Gasteiger partial charge in [0.2, 0.25) is 0 Å². The third-order valence-corrected chi connectivity index (χ3v) is 10.8. The third-order valence-electron chi connectivity index (χ3n) is 6.28. The van der Waals surface area contributed by atoms with Crippen LogP contribution in [-0.2, 0) is 0 Å². The predicted molar refractivity (Wildman–Crippen MR) is 141 cm³/mol. The summed E-state index contributed by atoms with van der Waals surface area (Å²) in [5.41, 5.74) is 0.805. The Labute approximate surface area is 211 Å². The van der Waals surface area contributed by atoms with Gasteiger partial charge < -0.3 is 22.3 Å². The molecule has 0 aliphatic rings. The Balaban J connectivity index is 0.00000385. The van der Waals surface area contributed by atoms with E-state index >= 15 is 0 Å². The molecule has 0 fully saturated rings. The van der Waals surface area contributed by atoms with Gasteiger partial charge in [0.05, 0.1) is 11.7 Å². The average molecular weight is 526 g/mol. The van der Waals surface area contributed by atoms with E-state index in [4.69, 9.17) is 0 Å². The molecule has 0 bridgehead atoms. The third kappa shape index (κ3) is 6.78. The molecule has 3 aromatic carbocycles. The first-order valence-electron chi connectivity index (χ1n) is 12.0. The van der Waals surface area contributed by atoms with E-state index in [-0.39, 0.29) is 22.9 Å². The maximum absolute atomic E-state index is 12.9. The maximum atomic E-state index is 12.9. The number of hydrogen-bond donors (Lipinski definition) is 1. The van der Waals surface area contributed by atoms with Gasteiger partial charge in [0.25, 0.3) is 5.91 Å². The summed E-state index contributed by atoms with van der Waals surface area (Å²) < 4.78 is 0. The highest BCUT2D eigenvalue weighted by Gasteiger charge is 2.46. The van der Waals surface area contributed by atoms with Gasteiger partial charge in [-0.1, -0.05) is 87.6 Å². The van der Waals surface area contributed by atoms with Crippen molar-refractivity contribution in [3.63, 3.8) is 0 Å². The normalized spacial score (nSPS) is 11.0. The standard InChI is InChI=1S/C29H36NOP.BrH/c1-3-4-5-6-7-8-17-24-32(25-18-11-9-12-19-25,26-20-13-10-14-21-26)28-23-16-15-22-27(28)29(31)30-2;/h9-16,18-23H,3-8,17,24H2,1-2H3;1H. The molecule has 0 aliphatic carbocycles. The molecule has 2 nitrogen and oxygen atoms in total. The number of benzene rings is 3. The molecule has 0 unspecified atom stereocenters. The van der Waals surface area contributed by atoms with Crippen molar-refractivity contribution in [2.75, 3.05) is 13.2 Å². The van der Waals surface area contributed by atoms with Crippen molar-refractivity contribution in [2.24, 2.45) is 0 Å². The monoisotopic (exact) mass is 525 g/mol. The van der Waals surface area contributed by atoms with E-state index in [2.05, 4.69) is 85.0 Å². The fourth-order valence-corrected chi connectivity index (χ4v) is 9.21. The number of halogens is 1. The van der Waals surface area contributed by atoms with Crippen LogP contribution in [-0.4, -0.2) is 19.1 Å². The Morgan fingerprint density at radius 2 is 1.18 bits per heavy atom. The van der Waals surface area contributed by atoms with Crippen LogP contribution in [0, 0.1) is 0 Å². The molecular weight excluding hydrogens is 489 g/mol. The van der Waals surface area contributed by atoms with Crippen molar-refractivity contribution in [3.05, 3.63) is 90.5 Å². The molecule has 0 saturated heterocycles. The Morgan fingerprint density at radius 1 is 0.697 bits per heavy atom. The van der Waals surface area contributed by atoms with Gasteiger partial charge in [-0.2, -0.15) is 0 Å². The molecule has 0 saturated carbocycles. The lowest BCUT2D eigenvalue weighted by Crippen LogP contribution is -3.00. The van der Waals surface area contributed by atoms with Gasteiger partial charge >= 0.3 is 0 Å². The van der Waals surface area contributed by atoms with Crippen LogP contribution in [0.2, 0.25) is 0 Å². The van der Waals surface area contributed by atoms with E-state index < -0.39 is 7.26 Å². The molecule has 0 heterocycles. The second kappa shape index (κ2) is 14.3. The summed E-state index contributed by atoms with van der Waals surface area (Å²) in [5, 5.41) is 6.78. The lowest BCUT2D eigenvalue weighted by Gasteiger charge is -2.29. The Bertz CT molecular complexity index is 922. The first-order valence-corrected chi connectivity index (χ1v) is 14.0. The molecule has 0 radical (unpaired) electrons. The van der Waals surface area contributed by atoms with Gasteiger partial charge in [-0.05, 0) is 49.2 Å². The summed E-state index contributed by atoms with van der Waals surface area (Å²) in [6.07, 6.45) is 10.1. The van der Waals surface area contributed by atoms with Crippen LogP contribution in [0.5, 0.6) is 0 Å². The van der Waals surface area contributed by atoms with Gasteiger partial charge in [-0.25, -0.2) is 0 Å². The first-order chi connectivity index (χ1) is 15.7. The topological polar surface area (TPSA) is 29.1 Å². The van der Waals surface area contributed by atoms with E-state index in [0.717, 1.165) is 11.7 Å². The van der Waals surface area contributed by atoms with Crippen LogP contribution < -0.4 is 38.2 Å². The molecule has 0 atom stereocenters. The van der Waals surface area contributed by atoms with E-state index in [1.54, 1.807) is 7.05 Å². The number of amides is 1. The quantitative estimate of drug-likeness (QED) is 0.285. The molecule has 176 valence electrons. The number of carbonyl (C=O) groups excluding carboxylic acids is 1. The largest absolute Gasteiger partial charge is 1.00 e.